The van der Waals surface area contributed by atoms with Crippen molar-refractivity contribution in [3.8, 4) is 0 Å². The van der Waals surface area contributed by atoms with E-state index in [0.717, 1.165) is 25.8 Å². The first kappa shape index (κ1) is 11.9. The summed E-state index contributed by atoms with van der Waals surface area (Å²) in [6.45, 7) is 0.994. The van der Waals surface area contributed by atoms with Gasteiger partial charge in [-0.25, -0.2) is 9.97 Å². The van der Waals surface area contributed by atoms with Gasteiger partial charge in [-0.3, -0.25) is 0 Å². The van der Waals surface area contributed by atoms with Gasteiger partial charge in [-0.1, -0.05) is 11.6 Å². The average molecular weight is 262 g/mol. The summed E-state index contributed by atoms with van der Waals surface area (Å²) in [5.41, 5.74) is 0. The molecule has 4 nitrogen and oxygen atoms in total. The third-order valence-electron chi connectivity index (χ3n) is 2.79. The van der Waals surface area contributed by atoms with Gasteiger partial charge in [0.05, 0.1) is 12.6 Å². The largest absolute Gasteiger partial charge is 0.394 e. The van der Waals surface area contributed by atoms with Crippen LogP contribution in [0.15, 0.2) is 6.07 Å². The van der Waals surface area contributed by atoms with E-state index in [-0.39, 0.29) is 17.9 Å². The molecule has 1 aromatic rings. The number of halogens is 2. The Labute approximate surface area is 104 Å². The maximum absolute atomic E-state index is 9.31. The molecule has 1 saturated heterocycles. The molecule has 0 aliphatic carbocycles. The Morgan fingerprint density at radius 1 is 1.38 bits per heavy atom. The zero-order valence-electron chi connectivity index (χ0n) is 8.74. The van der Waals surface area contributed by atoms with Gasteiger partial charge in [0.2, 0.25) is 5.28 Å². The van der Waals surface area contributed by atoms with Crippen LogP contribution in [0, 0.1) is 0 Å². The van der Waals surface area contributed by atoms with E-state index < -0.39 is 0 Å². The predicted molar refractivity (Wildman–Crippen MR) is 64.1 cm³/mol. The van der Waals surface area contributed by atoms with Crippen molar-refractivity contribution in [2.24, 2.45) is 0 Å². The number of piperidine rings is 1. The lowest BCUT2D eigenvalue weighted by Crippen LogP contribution is -2.42. The van der Waals surface area contributed by atoms with Crippen LogP contribution in [0.5, 0.6) is 0 Å². The Morgan fingerprint density at radius 2 is 2.19 bits per heavy atom. The molecule has 1 aliphatic heterocycles. The Hall–Kier alpha value is -0.580. The second-order valence-electron chi connectivity index (χ2n) is 3.84. The van der Waals surface area contributed by atoms with Crippen LogP contribution in [-0.2, 0) is 0 Å². The maximum atomic E-state index is 9.31. The molecule has 0 unspecified atom stereocenters. The highest BCUT2D eigenvalue weighted by Gasteiger charge is 2.23. The molecular weight excluding hydrogens is 249 g/mol. The molecule has 0 spiro atoms. The third kappa shape index (κ3) is 2.56. The molecule has 2 rings (SSSR count). The fourth-order valence-electron chi connectivity index (χ4n) is 2.02. The molecule has 1 N–H and O–H groups in total. The van der Waals surface area contributed by atoms with E-state index in [4.69, 9.17) is 23.2 Å². The van der Waals surface area contributed by atoms with Crippen LogP contribution in [0.1, 0.15) is 19.3 Å². The van der Waals surface area contributed by atoms with E-state index in [1.807, 2.05) is 4.90 Å². The summed E-state index contributed by atoms with van der Waals surface area (Å²) in [5.74, 6) is 0.698. The van der Waals surface area contributed by atoms with Gasteiger partial charge in [-0.2, -0.15) is 0 Å². The highest BCUT2D eigenvalue weighted by Crippen LogP contribution is 2.25. The van der Waals surface area contributed by atoms with E-state index in [2.05, 4.69) is 9.97 Å². The van der Waals surface area contributed by atoms with Gasteiger partial charge in [0.1, 0.15) is 11.0 Å². The van der Waals surface area contributed by atoms with Crippen molar-refractivity contribution in [3.05, 3.63) is 16.5 Å². The number of rotatable bonds is 2. The highest BCUT2D eigenvalue weighted by molar-refractivity contribution is 6.32. The lowest BCUT2D eigenvalue weighted by Gasteiger charge is -2.35. The Kier molecular flexibility index (Phi) is 3.84. The minimum absolute atomic E-state index is 0.107. The fourth-order valence-corrected chi connectivity index (χ4v) is 2.42. The standard InChI is InChI=1S/C10H13Cl2N3O/c11-8-5-9(14-10(12)13-8)15-4-2-1-3-7(15)6-16/h5,7,16H,1-4,6H2/t7-/m0/s1. The molecule has 0 radical (unpaired) electrons. The molecule has 2 heterocycles. The Morgan fingerprint density at radius 3 is 2.88 bits per heavy atom. The lowest BCUT2D eigenvalue weighted by atomic mass is 10.0. The van der Waals surface area contributed by atoms with Gasteiger partial charge in [-0.15, -0.1) is 0 Å². The number of hydrogen-bond acceptors (Lipinski definition) is 4. The van der Waals surface area contributed by atoms with Crippen LogP contribution in [0.4, 0.5) is 5.82 Å². The number of hydrogen-bond donors (Lipinski definition) is 1. The van der Waals surface area contributed by atoms with Crippen molar-refractivity contribution in [1.82, 2.24) is 9.97 Å². The Balaban J connectivity index is 2.26. The zero-order chi connectivity index (χ0) is 11.5. The summed E-state index contributed by atoms with van der Waals surface area (Å²) < 4.78 is 0. The zero-order valence-corrected chi connectivity index (χ0v) is 10.2. The molecule has 1 fully saturated rings. The molecule has 88 valence electrons. The lowest BCUT2D eigenvalue weighted by molar-refractivity contribution is 0.239. The van der Waals surface area contributed by atoms with Gasteiger partial charge in [-0.05, 0) is 30.9 Å². The summed E-state index contributed by atoms with van der Waals surface area (Å²) in [4.78, 5) is 10.00. The molecule has 0 amide bonds. The summed E-state index contributed by atoms with van der Waals surface area (Å²) >= 11 is 11.6. The summed E-state index contributed by atoms with van der Waals surface area (Å²) in [6, 6.07) is 1.79. The molecule has 1 atom stereocenters. The molecule has 0 aromatic carbocycles. The second-order valence-corrected chi connectivity index (χ2v) is 4.57. The van der Waals surface area contributed by atoms with Crippen LogP contribution >= 0.6 is 23.2 Å². The molecule has 1 aromatic heterocycles. The number of nitrogens with zero attached hydrogens (tertiary/aromatic N) is 3. The van der Waals surface area contributed by atoms with Crippen molar-refractivity contribution < 1.29 is 5.11 Å². The van der Waals surface area contributed by atoms with Crippen LogP contribution in [-0.4, -0.2) is 34.3 Å². The van der Waals surface area contributed by atoms with Gasteiger partial charge in [0, 0.05) is 12.6 Å². The minimum atomic E-state index is 0.107. The Bertz CT molecular complexity index is 355. The summed E-state index contributed by atoms with van der Waals surface area (Å²) in [5, 5.41) is 9.78. The minimum Gasteiger partial charge on any atom is -0.394 e. The number of anilines is 1. The highest BCUT2D eigenvalue weighted by atomic mass is 35.5. The van der Waals surface area contributed by atoms with Gasteiger partial charge in [0.25, 0.3) is 0 Å². The maximum Gasteiger partial charge on any atom is 0.225 e. The van der Waals surface area contributed by atoms with Crippen LogP contribution in [0.3, 0.4) is 0 Å². The first-order valence-corrected chi connectivity index (χ1v) is 6.04. The van der Waals surface area contributed by atoms with Crippen molar-refractivity contribution in [2.75, 3.05) is 18.1 Å². The van der Waals surface area contributed by atoms with E-state index >= 15 is 0 Å². The molecular formula is C10H13Cl2N3O. The average Bonchev–Trinajstić information content (AvgIpc) is 2.27. The van der Waals surface area contributed by atoms with Gasteiger partial charge < -0.3 is 10.0 Å². The number of aliphatic hydroxyl groups excluding tert-OH is 1. The van der Waals surface area contributed by atoms with E-state index in [0.29, 0.717) is 11.0 Å². The number of aromatic nitrogens is 2. The van der Waals surface area contributed by atoms with Crippen molar-refractivity contribution in [3.63, 3.8) is 0 Å². The monoisotopic (exact) mass is 261 g/mol. The predicted octanol–water partition coefficient (Wildman–Crippen LogP) is 2.13. The fraction of sp³-hybridized carbons (Fsp3) is 0.600. The van der Waals surface area contributed by atoms with Crippen molar-refractivity contribution in [1.29, 1.82) is 0 Å². The first-order valence-electron chi connectivity index (χ1n) is 5.28. The van der Waals surface area contributed by atoms with E-state index in [1.165, 1.54) is 0 Å². The van der Waals surface area contributed by atoms with E-state index in [9.17, 15) is 5.11 Å². The van der Waals surface area contributed by atoms with Crippen LogP contribution in [0.2, 0.25) is 10.4 Å². The molecule has 6 heteroatoms. The van der Waals surface area contributed by atoms with Crippen molar-refractivity contribution >= 4 is 29.0 Å². The van der Waals surface area contributed by atoms with Crippen molar-refractivity contribution in [2.45, 2.75) is 25.3 Å². The SMILES string of the molecule is OC[C@@H]1CCCCN1c1cc(Cl)nc(Cl)n1. The topological polar surface area (TPSA) is 49.2 Å². The van der Waals surface area contributed by atoms with E-state index in [1.54, 1.807) is 6.07 Å². The molecule has 0 saturated carbocycles. The smallest absolute Gasteiger partial charge is 0.225 e. The summed E-state index contributed by atoms with van der Waals surface area (Å²) in [7, 11) is 0. The van der Waals surface area contributed by atoms with Gasteiger partial charge >= 0.3 is 0 Å². The third-order valence-corrected chi connectivity index (χ3v) is 3.15. The quantitative estimate of drug-likeness (QED) is 0.655. The normalized spacial score (nSPS) is 21.2. The van der Waals surface area contributed by atoms with Crippen LogP contribution in [0.25, 0.3) is 0 Å². The molecule has 16 heavy (non-hydrogen) atoms. The second kappa shape index (κ2) is 5.17. The first-order chi connectivity index (χ1) is 7.70. The van der Waals surface area contributed by atoms with Gasteiger partial charge in [0.15, 0.2) is 0 Å². The molecule has 0 bridgehead atoms. The number of aliphatic hydroxyl groups is 1. The van der Waals surface area contributed by atoms with Crippen LogP contribution < -0.4 is 4.90 Å². The molecule has 1 aliphatic rings. The summed E-state index contributed by atoms with van der Waals surface area (Å²) in [6.07, 6.45) is 3.19.